The van der Waals surface area contributed by atoms with E-state index in [9.17, 15) is 27.9 Å². The first-order valence-corrected chi connectivity index (χ1v) is 10.0. The van der Waals surface area contributed by atoms with Gasteiger partial charge in [-0.05, 0) is 29.8 Å². The molecule has 2 aromatic carbocycles. The monoisotopic (exact) mass is 450 g/mol. The second-order valence-electron chi connectivity index (χ2n) is 7.58. The molecule has 0 aliphatic carbocycles. The standard InChI is InChI=1S/C22H21F3N2O5/c23-22(24,25)17-5-3-14(4-6-17)18-13-32-19-11-15(20(28)29)1-2-16(19)12-27(18)21(30)26-7-9-31-10-8-26/h1-6,11,18H,7-10,12-13H2,(H,28,29)/t18-/m1/s1. The maximum absolute atomic E-state index is 13.4. The molecule has 1 saturated heterocycles. The van der Waals surface area contributed by atoms with Crippen LogP contribution in [0.25, 0.3) is 0 Å². The highest BCUT2D eigenvalue weighted by Gasteiger charge is 2.35. The number of carboxylic acid groups (broad SMARTS) is 1. The molecule has 1 fully saturated rings. The number of carbonyl (C=O) groups is 2. The van der Waals surface area contributed by atoms with Crippen LogP contribution in [0.4, 0.5) is 18.0 Å². The number of benzene rings is 2. The first-order chi connectivity index (χ1) is 15.2. The number of hydrogen-bond acceptors (Lipinski definition) is 4. The molecular weight excluding hydrogens is 429 g/mol. The lowest BCUT2D eigenvalue weighted by molar-refractivity contribution is -0.137. The Hall–Kier alpha value is -3.27. The quantitative estimate of drug-likeness (QED) is 0.753. The van der Waals surface area contributed by atoms with Crippen LogP contribution < -0.4 is 4.74 Å². The zero-order valence-electron chi connectivity index (χ0n) is 17.0. The lowest BCUT2D eigenvalue weighted by atomic mass is 10.0. The second-order valence-corrected chi connectivity index (χ2v) is 7.58. The minimum atomic E-state index is -4.47. The van der Waals surface area contributed by atoms with E-state index in [-0.39, 0.29) is 24.7 Å². The zero-order chi connectivity index (χ0) is 22.9. The van der Waals surface area contributed by atoms with Gasteiger partial charge < -0.3 is 24.4 Å². The smallest absolute Gasteiger partial charge is 0.416 e. The predicted octanol–water partition coefficient (Wildman–Crippen LogP) is 3.79. The Labute approximate surface area is 181 Å². The molecule has 0 bridgehead atoms. The second kappa shape index (κ2) is 8.70. The van der Waals surface area contributed by atoms with E-state index in [1.807, 2.05) is 0 Å². The van der Waals surface area contributed by atoms with E-state index in [2.05, 4.69) is 0 Å². The summed E-state index contributed by atoms with van der Waals surface area (Å²) in [6.45, 7) is 1.70. The van der Waals surface area contributed by atoms with E-state index >= 15 is 0 Å². The van der Waals surface area contributed by atoms with E-state index in [4.69, 9.17) is 9.47 Å². The van der Waals surface area contributed by atoms with Crippen LogP contribution in [0.5, 0.6) is 5.75 Å². The number of halogens is 3. The minimum Gasteiger partial charge on any atom is -0.491 e. The first kappa shape index (κ1) is 21.9. The Morgan fingerprint density at radius 1 is 1.03 bits per heavy atom. The molecule has 7 nitrogen and oxygen atoms in total. The fourth-order valence-electron chi connectivity index (χ4n) is 3.81. The number of ether oxygens (including phenoxy) is 2. The molecule has 0 radical (unpaired) electrons. The molecule has 1 N–H and O–H groups in total. The van der Waals surface area contributed by atoms with Crippen LogP contribution in [-0.2, 0) is 17.5 Å². The van der Waals surface area contributed by atoms with Gasteiger partial charge in [0.25, 0.3) is 0 Å². The third kappa shape index (κ3) is 4.50. The molecule has 10 heteroatoms. The molecule has 2 heterocycles. The van der Waals surface area contributed by atoms with Crippen molar-refractivity contribution in [1.82, 2.24) is 9.80 Å². The van der Waals surface area contributed by atoms with Crippen molar-refractivity contribution < 1.29 is 37.3 Å². The number of rotatable bonds is 2. The Kier molecular flexibility index (Phi) is 5.96. The van der Waals surface area contributed by atoms with Crippen molar-refractivity contribution in [3.8, 4) is 5.75 Å². The SMILES string of the molecule is O=C(O)c1ccc2c(c1)OC[C@H](c1ccc(C(F)(F)F)cc1)N(C(=O)N1CCOCC1)C2. The van der Waals surface area contributed by atoms with Crippen LogP contribution in [0, 0.1) is 0 Å². The number of carbonyl (C=O) groups excluding carboxylic acids is 1. The summed E-state index contributed by atoms with van der Waals surface area (Å²) >= 11 is 0. The average molecular weight is 450 g/mol. The molecule has 32 heavy (non-hydrogen) atoms. The van der Waals surface area contributed by atoms with Crippen molar-refractivity contribution in [2.45, 2.75) is 18.8 Å². The van der Waals surface area contributed by atoms with Gasteiger partial charge in [0.15, 0.2) is 0 Å². The summed E-state index contributed by atoms with van der Waals surface area (Å²) in [7, 11) is 0. The highest BCUT2D eigenvalue weighted by atomic mass is 19.4. The van der Waals surface area contributed by atoms with Gasteiger partial charge in [-0.1, -0.05) is 18.2 Å². The molecule has 0 spiro atoms. The summed E-state index contributed by atoms with van der Waals surface area (Å²) in [5, 5.41) is 9.26. The molecule has 2 aromatic rings. The number of morpholine rings is 1. The normalized spacial score (nSPS) is 19.0. The Bertz CT molecular complexity index is 1000. The lowest BCUT2D eigenvalue weighted by Gasteiger charge is -2.36. The molecule has 0 aromatic heterocycles. The number of alkyl halides is 3. The average Bonchev–Trinajstić information content (AvgIpc) is 2.98. The van der Waals surface area contributed by atoms with Crippen LogP contribution in [0.15, 0.2) is 42.5 Å². The van der Waals surface area contributed by atoms with Gasteiger partial charge >= 0.3 is 18.2 Å². The summed E-state index contributed by atoms with van der Waals surface area (Å²) in [4.78, 5) is 27.9. The number of aromatic carboxylic acids is 1. The summed E-state index contributed by atoms with van der Waals surface area (Å²) in [5.74, 6) is -0.778. The van der Waals surface area contributed by atoms with Crippen molar-refractivity contribution in [3.05, 3.63) is 64.7 Å². The molecular formula is C22H21F3N2O5. The van der Waals surface area contributed by atoms with Gasteiger partial charge in [0.2, 0.25) is 0 Å². The maximum atomic E-state index is 13.4. The minimum absolute atomic E-state index is 0.0302. The van der Waals surface area contributed by atoms with E-state index in [1.54, 1.807) is 15.9 Å². The van der Waals surface area contributed by atoms with E-state index in [0.717, 1.165) is 12.1 Å². The van der Waals surface area contributed by atoms with Crippen LogP contribution in [0.2, 0.25) is 0 Å². The fraction of sp³-hybridized carbons (Fsp3) is 0.364. The van der Waals surface area contributed by atoms with Crippen LogP contribution in [0.3, 0.4) is 0 Å². The third-order valence-corrected chi connectivity index (χ3v) is 5.58. The van der Waals surface area contributed by atoms with Crippen LogP contribution in [-0.4, -0.2) is 59.8 Å². The van der Waals surface area contributed by atoms with Crippen molar-refractivity contribution in [1.29, 1.82) is 0 Å². The van der Waals surface area contributed by atoms with E-state index < -0.39 is 23.8 Å². The molecule has 1 atom stereocenters. The van der Waals surface area contributed by atoms with Gasteiger partial charge in [-0.15, -0.1) is 0 Å². The molecule has 2 amide bonds. The number of nitrogens with zero attached hydrogens (tertiary/aromatic N) is 2. The highest BCUT2D eigenvalue weighted by Crippen LogP contribution is 2.35. The third-order valence-electron chi connectivity index (χ3n) is 5.58. The van der Waals surface area contributed by atoms with Crippen molar-refractivity contribution in [2.75, 3.05) is 32.9 Å². The van der Waals surface area contributed by atoms with Crippen molar-refractivity contribution in [3.63, 3.8) is 0 Å². The molecule has 0 saturated carbocycles. The number of urea groups is 1. The molecule has 0 unspecified atom stereocenters. The van der Waals surface area contributed by atoms with Crippen LogP contribution in [0.1, 0.15) is 33.1 Å². The fourth-order valence-corrected chi connectivity index (χ4v) is 3.81. The summed E-state index contributed by atoms with van der Waals surface area (Å²) in [6, 6.07) is 8.12. The van der Waals surface area contributed by atoms with Gasteiger partial charge in [-0.3, -0.25) is 0 Å². The number of hydrogen-bond donors (Lipinski definition) is 1. The van der Waals surface area contributed by atoms with E-state index in [0.29, 0.717) is 43.2 Å². The predicted molar refractivity (Wildman–Crippen MR) is 106 cm³/mol. The Morgan fingerprint density at radius 3 is 2.34 bits per heavy atom. The molecule has 2 aliphatic heterocycles. The number of fused-ring (bicyclic) bond motifs is 1. The summed E-state index contributed by atoms with van der Waals surface area (Å²) < 4.78 is 50.2. The van der Waals surface area contributed by atoms with Crippen molar-refractivity contribution in [2.24, 2.45) is 0 Å². The van der Waals surface area contributed by atoms with Gasteiger partial charge in [0, 0.05) is 18.7 Å². The van der Waals surface area contributed by atoms with Gasteiger partial charge in [0.05, 0.1) is 36.9 Å². The largest absolute Gasteiger partial charge is 0.491 e. The summed E-state index contributed by atoms with van der Waals surface area (Å²) in [6.07, 6.45) is -4.47. The number of carboxylic acids is 1. The van der Waals surface area contributed by atoms with Crippen molar-refractivity contribution >= 4 is 12.0 Å². The Balaban J connectivity index is 1.69. The number of amides is 2. The van der Waals surface area contributed by atoms with Gasteiger partial charge in [-0.2, -0.15) is 13.2 Å². The Morgan fingerprint density at radius 2 is 1.72 bits per heavy atom. The molecule has 4 rings (SSSR count). The molecule has 2 aliphatic rings. The highest BCUT2D eigenvalue weighted by molar-refractivity contribution is 5.88. The van der Waals surface area contributed by atoms with Gasteiger partial charge in [0.1, 0.15) is 12.4 Å². The zero-order valence-corrected chi connectivity index (χ0v) is 17.0. The first-order valence-electron chi connectivity index (χ1n) is 10.0. The van der Waals surface area contributed by atoms with Gasteiger partial charge in [-0.25, -0.2) is 9.59 Å². The molecule has 170 valence electrons. The maximum Gasteiger partial charge on any atom is 0.416 e. The van der Waals surface area contributed by atoms with E-state index in [1.165, 1.54) is 24.3 Å². The van der Waals surface area contributed by atoms with Crippen LogP contribution >= 0.6 is 0 Å². The lowest BCUT2D eigenvalue weighted by Crippen LogP contribution is -2.49. The summed E-state index contributed by atoms with van der Waals surface area (Å²) in [5.41, 5.74) is 0.371. The topological polar surface area (TPSA) is 79.3 Å².